The van der Waals surface area contributed by atoms with E-state index in [1.54, 1.807) is 0 Å². The van der Waals surface area contributed by atoms with Gasteiger partial charge >= 0.3 is 6.18 Å². The van der Waals surface area contributed by atoms with Crippen molar-refractivity contribution in [2.24, 2.45) is 5.92 Å². The van der Waals surface area contributed by atoms with Crippen LogP contribution in [0.1, 0.15) is 39.5 Å². The molecule has 0 bridgehead atoms. The molecule has 1 aliphatic heterocycles. The van der Waals surface area contributed by atoms with Crippen molar-refractivity contribution in [2.45, 2.75) is 57.8 Å². The van der Waals surface area contributed by atoms with Crippen LogP contribution in [0.4, 0.5) is 13.2 Å². The van der Waals surface area contributed by atoms with E-state index < -0.39 is 12.2 Å². The van der Waals surface area contributed by atoms with E-state index in [9.17, 15) is 13.2 Å². The van der Waals surface area contributed by atoms with E-state index >= 15 is 0 Å². The molecule has 0 amide bonds. The van der Waals surface area contributed by atoms with Crippen molar-refractivity contribution in [3.8, 4) is 0 Å². The van der Waals surface area contributed by atoms with Gasteiger partial charge in [-0.2, -0.15) is 13.2 Å². The first-order valence-corrected chi connectivity index (χ1v) is 5.22. The fraction of sp³-hybridized carbons (Fsp3) is 1.00. The highest BCUT2D eigenvalue weighted by Crippen LogP contribution is 2.29. The lowest BCUT2D eigenvalue weighted by Gasteiger charge is -2.33. The molecule has 0 aromatic heterocycles. The van der Waals surface area contributed by atoms with Crippen molar-refractivity contribution in [3.05, 3.63) is 0 Å². The number of alkyl halides is 3. The average molecular weight is 209 g/mol. The third kappa shape index (κ3) is 3.48. The molecule has 1 rings (SSSR count). The Bertz CT molecular complexity index is 177. The fourth-order valence-corrected chi connectivity index (χ4v) is 2.03. The number of nitrogens with one attached hydrogen (secondary N) is 1. The molecule has 1 fully saturated rings. The molecule has 84 valence electrons. The third-order valence-electron chi connectivity index (χ3n) is 2.63. The van der Waals surface area contributed by atoms with Gasteiger partial charge in [0.2, 0.25) is 0 Å². The molecule has 0 aromatic carbocycles. The van der Waals surface area contributed by atoms with Gasteiger partial charge in [0.1, 0.15) is 6.04 Å². The van der Waals surface area contributed by atoms with Gasteiger partial charge in [-0.25, -0.2) is 0 Å². The average Bonchev–Trinajstić information content (AvgIpc) is 2.01. The second-order valence-corrected chi connectivity index (χ2v) is 4.52. The highest BCUT2D eigenvalue weighted by atomic mass is 19.4. The highest BCUT2D eigenvalue weighted by Gasteiger charge is 2.41. The molecule has 4 heteroatoms. The summed E-state index contributed by atoms with van der Waals surface area (Å²) >= 11 is 0. The van der Waals surface area contributed by atoms with Gasteiger partial charge in [0.05, 0.1) is 0 Å². The van der Waals surface area contributed by atoms with E-state index in [2.05, 4.69) is 5.32 Å². The van der Waals surface area contributed by atoms with Crippen LogP contribution in [0.15, 0.2) is 0 Å². The molecule has 0 saturated carbocycles. The summed E-state index contributed by atoms with van der Waals surface area (Å²) in [4.78, 5) is 0. The van der Waals surface area contributed by atoms with Gasteiger partial charge < -0.3 is 5.32 Å². The van der Waals surface area contributed by atoms with E-state index in [1.165, 1.54) is 0 Å². The number of hydrogen-bond acceptors (Lipinski definition) is 1. The second kappa shape index (κ2) is 4.51. The Labute approximate surface area is 83.1 Å². The van der Waals surface area contributed by atoms with Crippen molar-refractivity contribution in [2.75, 3.05) is 0 Å². The van der Waals surface area contributed by atoms with Gasteiger partial charge in [-0.05, 0) is 25.2 Å². The fourth-order valence-electron chi connectivity index (χ4n) is 2.03. The zero-order valence-corrected chi connectivity index (χ0v) is 8.69. The maximum Gasteiger partial charge on any atom is 0.403 e. The minimum absolute atomic E-state index is 0.0513. The quantitative estimate of drug-likeness (QED) is 0.736. The lowest BCUT2D eigenvalue weighted by molar-refractivity contribution is -0.163. The molecule has 1 N–H and O–H groups in total. The Morgan fingerprint density at radius 3 is 2.43 bits per heavy atom. The lowest BCUT2D eigenvalue weighted by Crippen LogP contribution is -2.50. The molecule has 1 nitrogen and oxygen atoms in total. The summed E-state index contributed by atoms with van der Waals surface area (Å²) in [5.41, 5.74) is 0. The van der Waals surface area contributed by atoms with Crippen LogP contribution in [0.25, 0.3) is 0 Å². The first kappa shape index (κ1) is 11.8. The molecule has 0 aromatic rings. The van der Waals surface area contributed by atoms with Crippen molar-refractivity contribution in [1.29, 1.82) is 0 Å². The largest absolute Gasteiger partial charge is 0.403 e. The molecule has 1 heterocycles. The van der Waals surface area contributed by atoms with Crippen molar-refractivity contribution < 1.29 is 13.2 Å². The Balaban J connectivity index is 2.44. The van der Waals surface area contributed by atoms with Gasteiger partial charge in [0.25, 0.3) is 0 Å². The summed E-state index contributed by atoms with van der Waals surface area (Å²) in [5, 5.41) is 2.70. The first-order valence-electron chi connectivity index (χ1n) is 5.22. The van der Waals surface area contributed by atoms with Crippen molar-refractivity contribution in [3.63, 3.8) is 0 Å². The SMILES string of the molecule is CC(C)C[C@H]1CCC[C@H](C(F)(F)F)N1. The van der Waals surface area contributed by atoms with Crippen LogP contribution < -0.4 is 5.32 Å². The Morgan fingerprint density at radius 1 is 1.29 bits per heavy atom. The third-order valence-corrected chi connectivity index (χ3v) is 2.63. The molecule has 14 heavy (non-hydrogen) atoms. The Kier molecular flexibility index (Phi) is 3.81. The van der Waals surface area contributed by atoms with Crippen LogP contribution in [0, 0.1) is 5.92 Å². The predicted octanol–water partition coefficient (Wildman–Crippen LogP) is 3.11. The maximum atomic E-state index is 12.4. The van der Waals surface area contributed by atoms with Crippen LogP contribution in [-0.4, -0.2) is 18.3 Å². The monoisotopic (exact) mass is 209 g/mol. The summed E-state index contributed by atoms with van der Waals surface area (Å²) in [6, 6.07) is -1.23. The Morgan fingerprint density at radius 2 is 1.93 bits per heavy atom. The summed E-state index contributed by atoms with van der Waals surface area (Å²) in [6.07, 6.45) is -1.43. The van der Waals surface area contributed by atoms with E-state index in [4.69, 9.17) is 0 Å². The molecule has 1 saturated heterocycles. The van der Waals surface area contributed by atoms with E-state index in [0.29, 0.717) is 12.3 Å². The Hall–Kier alpha value is -0.250. The summed E-state index contributed by atoms with van der Waals surface area (Å²) in [5.74, 6) is 0.458. The van der Waals surface area contributed by atoms with Crippen molar-refractivity contribution in [1.82, 2.24) is 5.32 Å². The lowest BCUT2D eigenvalue weighted by atomic mass is 9.92. The standard InChI is InChI=1S/C10H18F3N/c1-7(2)6-8-4-3-5-9(14-8)10(11,12)13/h7-9,14H,3-6H2,1-2H3/t8-,9-/m1/s1. The van der Waals surface area contributed by atoms with Crippen LogP contribution in [0.2, 0.25) is 0 Å². The van der Waals surface area contributed by atoms with E-state index in [-0.39, 0.29) is 12.5 Å². The first-order chi connectivity index (χ1) is 6.39. The van der Waals surface area contributed by atoms with Crippen molar-refractivity contribution >= 4 is 0 Å². The van der Waals surface area contributed by atoms with Gasteiger partial charge in [-0.1, -0.05) is 20.3 Å². The molecule has 1 aliphatic rings. The molecule has 0 radical (unpaired) electrons. The smallest absolute Gasteiger partial charge is 0.303 e. The highest BCUT2D eigenvalue weighted by molar-refractivity contribution is 4.85. The normalized spacial score (nSPS) is 29.6. The van der Waals surface area contributed by atoms with E-state index in [1.807, 2.05) is 13.8 Å². The van der Waals surface area contributed by atoms with Crippen LogP contribution in [0.3, 0.4) is 0 Å². The molecule has 0 unspecified atom stereocenters. The van der Waals surface area contributed by atoms with Gasteiger partial charge in [0.15, 0.2) is 0 Å². The molecular weight excluding hydrogens is 191 g/mol. The van der Waals surface area contributed by atoms with E-state index in [0.717, 1.165) is 12.8 Å². The summed E-state index contributed by atoms with van der Waals surface area (Å²) in [6.45, 7) is 4.08. The zero-order valence-electron chi connectivity index (χ0n) is 8.69. The summed E-state index contributed by atoms with van der Waals surface area (Å²) in [7, 11) is 0. The van der Waals surface area contributed by atoms with Crippen LogP contribution in [0.5, 0.6) is 0 Å². The molecule has 0 spiro atoms. The van der Waals surface area contributed by atoms with Crippen LogP contribution in [-0.2, 0) is 0 Å². The second-order valence-electron chi connectivity index (χ2n) is 4.52. The maximum absolute atomic E-state index is 12.4. The topological polar surface area (TPSA) is 12.0 Å². The molecule has 2 atom stereocenters. The number of piperidine rings is 1. The van der Waals surface area contributed by atoms with Gasteiger partial charge in [0, 0.05) is 6.04 Å². The minimum Gasteiger partial charge on any atom is -0.303 e. The minimum atomic E-state index is -4.07. The zero-order chi connectivity index (χ0) is 10.8. The number of halogens is 3. The number of rotatable bonds is 2. The number of hydrogen-bond donors (Lipinski definition) is 1. The van der Waals surface area contributed by atoms with Gasteiger partial charge in [-0.15, -0.1) is 0 Å². The van der Waals surface area contributed by atoms with Gasteiger partial charge in [-0.3, -0.25) is 0 Å². The predicted molar refractivity (Wildman–Crippen MR) is 50.1 cm³/mol. The van der Waals surface area contributed by atoms with Crippen LogP contribution >= 0.6 is 0 Å². The molecular formula is C10H18F3N. The molecule has 0 aliphatic carbocycles. The summed E-state index contributed by atoms with van der Waals surface area (Å²) < 4.78 is 37.2.